The molecule has 0 aliphatic heterocycles. The molecule has 3 N–H and O–H groups in total. The maximum Gasteiger partial charge on any atom is 0.130 e. The van der Waals surface area contributed by atoms with Gasteiger partial charge in [0.15, 0.2) is 0 Å². The van der Waals surface area contributed by atoms with Gasteiger partial charge in [0, 0.05) is 0 Å². The Morgan fingerprint density at radius 3 is 2.33 bits per heavy atom. The fraction of sp³-hybridized carbons (Fsp3) is 0.400. The predicted molar refractivity (Wildman–Crippen MR) is 48.7 cm³/mol. The van der Waals surface area contributed by atoms with Crippen LogP contribution in [-0.4, -0.2) is 18.2 Å². The van der Waals surface area contributed by atoms with Crippen LogP contribution in [-0.2, 0) is 0 Å². The molecule has 12 heavy (non-hydrogen) atoms. The summed E-state index contributed by atoms with van der Waals surface area (Å²) in [4.78, 5) is 0. The van der Waals surface area contributed by atoms with Crippen LogP contribution in [0.1, 0.15) is 18.6 Å². The van der Waals surface area contributed by atoms with Crippen LogP contribution in [0, 0.1) is 0 Å². The Bertz CT molecular complexity index is 223. The van der Waals surface area contributed by atoms with Gasteiger partial charge in [-0.15, -0.1) is 0 Å². The van der Waals surface area contributed by atoms with Crippen molar-refractivity contribution in [3.8, 4) is 0 Å². The summed E-state index contributed by atoms with van der Waals surface area (Å²) >= 11 is 0. The summed E-state index contributed by atoms with van der Waals surface area (Å²) in [6.45, 7) is 2.01. The van der Waals surface area contributed by atoms with Crippen molar-refractivity contribution in [3.63, 3.8) is 0 Å². The zero-order chi connectivity index (χ0) is 8.97. The van der Waals surface area contributed by atoms with Crippen LogP contribution in [0.3, 0.4) is 0 Å². The molecule has 0 aromatic heterocycles. The Kier molecular flexibility index (Phi) is 3.26. The van der Waals surface area contributed by atoms with E-state index in [-0.39, 0.29) is 12.1 Å². The molecule has 0 radical (unpaired) electrons. The molecule has 2 nitrogen and oxygen atoms in total. The molecule has 0 aliphatic carbocycles. The molecule has 1 rings (SSSR count). The fourth-order valence-electron chi connectivity index (χ4n) is 1.14. The molecule has 1 aromatic carbocycles. The van der Waals surface area contributed by atoms with E-state index < -0.39 is 0 Å². The molecular weight excluding hydrogens is 150 g/mol. The first-order valence-electron chi connectivity index (χ1n) is 4.28. The Morgan fingerprint density at radius 2 is 1.83 bits per heavy atom. The fourth-order valence-corrected chi connectivity index (χ4v) is 1.14. The average molecular weight is 166 g/mol. The van der Waals surface area contributed by atoms with Crippen LogP contribution in [0.4, 0.5) is 0 Å². The summed E-state index contributed by atoms with van der Waals surface area (Å²) in [5.41, 5.74) is 0.989. The number of aliphatic hydroxyl groups excluding tert-OH is 1. The molecule has 0 saturated carbocycles. The molecule has 1 aromatic rings. The van der Waals surface area contributed by atoms with Crippen molar-refractivity contribution in [3.05, 3.63) is 35.9 Å². The van der Waals surface area contributed by atoms with Crippen LogP contribution in [0.5, 0.6) is 0 Å². The van der Waals surface area contributed by atoms with Gasteiger partial charge in [-0.05, 0) is 12.5 Å². The highest BCUT2D eigenvalue weighted by Crippen LogP contribution is 2.13. The monoisotopic (exact) mass is 166 g/mol. The van der Waals surface area contributed by atoms with Crippen LogP contribution < -0.4 is 5.32 Å². The zero-order valence-electron chi connectivity index (χ0n) is 7.57. The van der Waals surface area contributed by atoms with Crippen LogP contribution in [0.25, 0.3) is 0 Å². The van der Waals surface area contributed by atoms with E-state index in [1.807, 2.05) is 49.6 Å². The number of aliphatic hydroxyl groups is 1. The molecule has 0 aliphatic rings. The van der Waals surface area contributed by atoms with E-state index in [0.717, 1.165) is 5.56 Å². The molecule has 0 spiro atoms. The van der Waals surface area contributed by atoms with Crippen LogP contribution >= 0.6 is 0 Å². The molecule has 2 heteroatoms. The van der Waals surface area contributed by atoms with E-state index in [4.69, 9.17) is 0 Å². The van der Waals surface area contributed by atoms with E-state index in [1.165, 1.54) is 0 Å². The maximum absolute atomic E-state index is 9.76. The second-order valence-corrected chi connectivity index (χ2v) is 3.05. The minimum absolute atomic E-state index is 0.215. The van der Waals surface area contributed by atoms with Gasteiger partial charge in [0.2, 0.25) is 0 Å². The van der Waals surface area contributed by atoms with Crippen molar-refractivity contribution in [2.24, 2.45) is 0 Å². The van der Waals surface area contributed by atoms with Crippen molar-refractivity contribution in [2.75, 3.05) is 7.05 Å². The van der Waals surface area contributed by atoms with E-state index in [1.54, 1.807) is 0 Å². The maximum atomic E-state index is 9.76. The summed E-state index contributed by atoms with van der Waals surface area (Å²) in [5, 5.41) is 11.8. The smallest absolute Gasteiger partial charge is 0.130 e. The lowest BCUT2D eigenvalue weighted by Crippen LogP contribution is -2.86. The van der Waals surface area contributed by atoms with E-state index >= 15 is 0 Å². The van der Waals surface area contributed by atoms with Gasteiger partial charge in [0.05, 0.1) is 7.05 Å². The lowest BCUT2D eigenvalue weighted by Gasteiger charge is -2.15. The molecule has 0 bridgehead atoms. The standard InChI is InChI=1S/C10H15NO/c1-8(11-2)10(12)9-6-4-3-5-7-9/h3-8,10-12H,1-2H3/p+1/t8-,10-/m1/s1. The van der Waals surface area contributed by atoms with Crippen molar-refractivity contribution in [1.82, 2.24) is 0 Å². The second kappa shape index (κ2) is 4.24. The number of rotatable bonds is 3. The lowest BCUT2D eigenvalue weighted by molar-refractivity contribution is -0.669. The van der Waals surface area contributed by atoms with Crippen molar-refractivity contribution in [2.45, 2.75) is 19.1 Å². The zero-order valence-corrected chi connectivity index (χ0v) is 7.57. The largest absolute Gasteiger partial charge is 0.382 e. The molecule has 0 fully saturated rings. The number of nitrogens with two attached hydrogens (primary N) is 1. The molecular formula is C10H16NO+. The Labute approximate surface area is 73.2 Å². The number of quaternary nitrogens is 1. The van der Waals surface area contributed by atoms with E-state index in [0.29, 0.717) is 0 Å². The van der Waals surface area contributed by atoms with Gasteiger partial charge in [-0.2, -0.15) is 0 Å². The van der Waals surface area contributed by atoms with E-state index in [2.05, 4.69) is 0 Å². The van der Waals surface area contributed by atoms with Gasteiger partial charge >= 0.3 is 0 Å². The normalized spacial score (nSPS) is 15.6. The summed E-state index contributed by atoms with van der Waals surface area (Å²) in [6, 6.07) is 9.96. The van der Waals surface area contributed by atoms with Crippen molar-refractivity contribution >= 4 is 0 Å². The summed E-state index contributed by atoms with van der Waals surface area (Å²) in [6.07, 6.45) is -0.365. The Hall–Kier alpha value is -0.860. The quantitative estimate of drug-likeness (QED) is 0.666. The number of hydrogen-bond acceptors (Lipinski definition) is 1. The summed E-state index contributed by atoms with van der Waals surface area (Å²) in [7, 11) is 1.97. The van der Waals surface area contributed by atoms with Crippen LogP contribution in [0.2, 0.25) is 0 Å². The number of likely N-dealkylation sites (N-methyl/N-ethyl adjacent to an activating group) is 1. The van der Waals surface area contributed by atoms with Gasteiger partial charge in [0.25, 0.3) is 0 Å². The van der Waals surface area contributed by atoms with Gasteiger partial charge in [-0.1, -0.05) is 30.3 Å². The minimum atomic E-state index is -0.365. The van der Waals surface area contributed by atoms with Crippen molar-refractivity contribution in [1.29, 1.82) is 0 Å². The second-order valence-electron chi connectivity index (χ2n) is 3.05. The first-order valence-corrected chi connectivity index (χ1v) is 4.28. The molecule has 0 unspecified atom stereocenters. The third-order valence-corrected chi connectivity index (χ3v) is 2.16. The van der Waals surface area contributed by atoms with Gasteiger partial charge < -0.3 is 10.4 Å². The third-order valence-electron chi connectivity index (χ3n) is 2.16. The first kappa shape index (κ1) is 9.23. The SMILES string of the molecule is C[NH2+][C@H](C)[C@@H](O)c1ccccc1. The van der Waals surface area contributed by atoms with Gasteiger partial charge in [0.1, 0.15) is 12.1 Å². The summed E-state index contributed by atoms with van der Waals surface area (Å²) in [5.74, 6) is 0. The van der Waals surface area contributed by atoms with Gasteiger partial charge in [-0.3, -0.25) is 0 Å². The number of hydrogen-bond donors (Lipinski definition) is 2. The summed E-state index contributed by atoms with van der Waals surface area (Å²) < 4.78 is 0. The minimum Gasteiger partial charge on any atom is -0.382 e. The molecule has 0 amide bonds. The van der Waals surface area contributed by atoms with Gasteiger partial charge in [-0.25, -0.2) is 0 Å². The number of benzene rings is 1. The third kappa shape index (κ3) is 2.06. The Morgan fingerprint density at radius 1 is 1.25 bits per heavy atom. The predicted octanol–water partition coefficient (Wildman–Crippen LogP) is 0.302. The Balaban J connectivity index is 2.71. The van der Waals surface area contributed by atoms with E-state index in [9.17, 15) is 5.11 Å². The molecule has 0 heterocycles. The van der Waals surface area contributed by atoms with Crippen molar-refractivity contribution < 1.29 is 10.4 Å². The molecule has 66 valence electrons. The highest BCUT2D eigenvalue weighted by atomic mass is 16.3. The molecule has 2 atom stereocenters. The topological polar surface area (TPSA) is 36.8 Å². The highest BCUT2D eigenvalue weighted by molar-refractivity contribution is 5.17. The molecule has 0 saturated heterocycles. The highest BCUT2D eigenvalue weighted by Gasteiger charge is 2.16. The average Bonchev–Trinajstić information content (AvgIpc) is 2.17. The lowest BCUT2D eigenvalue weighted by atomic mass is 10.0. The first-order chi connectivity index (χ1) is 5.75. The van der Waals surface area contributed by atoms with Crippen LogP contribution in [0.15, 0.2) is 30.3 Å².